The zero-order valence-corrected chi connectivity index (χ0v) is 22.3. The smallest absolute Gasteiger partial charge is 0.231 e. The molecule has 0 bridgehead atoms. The molecule has 2 aliphatic rings. The maximum Gasteiger partial charge on any atom is 0.231 e. The number of aromatic nitrogens is 2. The van der Waals surface area contributed by atoms with Gasteiger partial charge in [0.25, 0.3) is 0 Å². The summed E-state index contributed by atoms with van der Waals surface area (Å²) in [6, 6.07) is 6.05. The van der Waals surface area contributed by atoms with Crippen LogP contribution in [-0.4, -0.2) is 43.1 Å². The largest absolute Gasteiger partial charge is 0.488 e. The Morgan fingerprint density at radius 1 is 1.24 bits per heavy atom. The van der Waals surface area contributed by atoms with E-state index in [0.717, 1.165) is 36.5 Å². The van der Waals surface area contributed by atoms with Crippen LogP contribution in [0.5, 0.6) is 5.75 Å². The van der Waals surface area contributed by atoms with Crippen molar-refractivity contribution in [3.8, 4) is 28.1 Å². The Labute approximate surface area is 220 Å². The van der Waals surface area contributed by atoms with Crippen LogP contribution < -0.4 is 14.5 Å². The molecule has 1 saturated carbocycles. The van der Waals surface area contributed by atoms with Crippen molar-refractivity contribution in [3.63, 3.8) is 0 Å². The van der Waals surface area contributed by atoms with Crippen LogP contribution in [0.4, 0.5) is 19.7 Å². The maximum absolute atomic E-state index is 15.3. The predicted octanol–water partition coefficient (Wildman–Crippen LogP) is 6.55. The third kappa shape index (κ3) is 5.19. The van der Waals surface area contributed by atoms with Gasteiger partial charge in [-0.3, -0.25) is 9.69 Å². The van der Waals surface area contributed by atoms with Crippen molar-refractivity contribution < 1.29 is 18.3 Å². The fourth-order valence-corrected chi connectivity index (χ4v) is 6.18. The van der Waals surface area contributed by atoms with Crippen molar-refractivity contribution in [2.24, 2.45) is 11.8 Å². The van der Waals surface area contributed by atoms with E-state index < -0.39 is 10.9 Å². The van der Waals surface area contributed by atoms with E-state index >= 15 is 4.39 Å². The Kier molecular flexibility index (Phi) is 7.42. The van der Waals surface area contributed by atoms with Crippen LogP contribution in [0.15, 0.2) is 30.5 Å². The van der Waals surface area contributed by atoms with E-state index in [2.05, 4.69) is 9.97 Å². The lowest BCUT2D eigenvalue weighted by Crippen LogP contribution is -2.33. The monoisotopic (exact) mass is 526 g/mol. The van der Waals surface area contributed by atoms with Crippen molar-refractivity contribution in [1.82, 2.24) is 9.97 Å². The van der Waals surface area contributed by atoms with E-state index in [9.17, 15) is 9.18 Å². The molecule has 3 aromatic rings. The van der Waals surface area contributed by atoms with Gasteiger partial charge >= 0.3 is 0 Å². The van der Waals surface area contributed by atoms with Crippen LogP contribution in [0.25, 0.3) is 22.4 Å². The van der Waals surface area contributed by atoms with Gasteiger partial charge < -0.3 is 9.64 Å². The molecular formula is C28H32F2N4O2S. The van der Waals surface area contributed by atoms with Gasteiger partial charge in [0.2, 0.25) is 11.0 Å². The van der Waals surface area contributed by atoms with Gasteiger partial charge in [-0.15, -0.1) is 0 Å². The summed E-state index contributed by atoms with van der Waals surface area (Å²) in [5, 5.41) is -0.293. The van der Waals surface area contributed by atoms with E-state index in [-0.39, 0.29) is 22.7 Å². The number of carbonyl (C=O) groups is 1. The quantitative estimate of drug-likeness (QED) is 0.350. The summed E-state index contributed by atoms with van der Waals surface area (Å²) in [5.74, 6) is 1.27. The number of fused-ring (bicyclic) bond motifs is 1. The van der Waals surface area contributed by atoms with Crippen LogP contribution in [-0.2, 0) is 4.79 Å². The van der Waals surface area contributed by atoms with Gasteiger partial charge in [-0.25, -0.2) is 14.4 Å². The first-order valence-electron chi connectivity index (χ1n) is 12.9. The molecule has 0 unspecified atom stereocenters. The number of likely N-dealkylation sites (N-methyl/N-ethyl adjacent to an activating group) is 1. The van der Waals surface area contributed by atoms with E-state index in [1.54, 1.807) is 19.3 Å². The van der Waals surface area contributed by atoms with Gasteiger partial charge in [-0.1, -0.05) is 50.0 Å². The molecule has 196 valence electrons. The lowest BCUT2D eigenvalue weighted by atomic mass is 9.90. The summed E-state index contributed by atoms with van der Waals surface area (Å²) >= 11 is 0.807. The molecule has 1 aliphatic carbocycles. The van der Waals surface area contributed by atoms with E-state index in [4.69, 9.17) is 4.74 Å². The fraction of sp³-hybridized carbons (Fsp3) is 0.464. The molecule has 2 aromatic heterocycles. The molecule has 1 amide bonds. The van der Waals surface area contributed by atoms with E-state index in [1.165, 1.54) is 42.7 Å². The van der Waals surface area contributed by atoms with Crippen LogP contribution in [0.2, 0.25) is 0 Å². The average molecular weight is 527 g/mol. The van der Waals surface area contributed by atoms with E-state index in [1.807, 2.05) is 24.9 Å². The van der Waals surface area contributed by atoms with Crippen molar-refractivity contribution in [3.05, 3.63) is 41.4 Å². The number of thiazole rings is 1. The number of halogens is 2. The lowest BCUT2D eigenvalue weighted by Gasteiger charge is -2.26. The fourth-order valence-electron chi connectivity index (χ4n) is 5.40. The number of nitrogens with zero attached hydrogens (tertiary/aromatic N) is 4. The lowest BCUT2D eigenvalue weighted by molar-refractivity contribution is -0.122. The zero-order chi connectivity index (χ0) is 26.1. The first kappa shape index (κ1) is 25.6. The zero-order valence-electron chi connectivity index (χ0n) is 21.5. The normalized spacial score (nSPS) is 16.4. The first-order chi connectivity index (χ1) is 17.9. The SMILES string of the molecule is CC[C@H](CC1CCCC1)C(=O)N(C)c1nc(-c2cc(F)ccc2-c2cnc3c(c2)OCCN3C)c(F)s1. The van der Waals surface area contributed by atoms with Crippen molar-refractivity contribution in [2.45, 2.75) is 45.4 Å². The summed E-state index contributed by atoms with van der Waals surface area (Å²) in [5.41, 5.74) is 1.59. The highest BCUT2D eigenvalue weighted by molar-refractivity contribution is 7.14. The summed E-state index contributed by atoms with van der Waals surface area (Å²) in [7, 11) is 3.59. The summed E-state index contributed by atoms with van der Waals surface area (Å²) in [6.45, 7) is 3.29. The number of benzene rings is 1. The molecule has 0 spiro atoms. The second kappa shape index (κ2) is 10.7. The minimum atomic E-state index is -0.563. The highest BCUT2D eigenvalue weighted by Gasteiger charge is 2.29. The first-order valence-corrected chi connectivity index (χ1v) is 13.8. The highest BCUT2D eigenvalue weighted by atomic mass is 32.1. The molecule has 0 N–H and O–H groups in total. The molecule has 1 fully saturated rings. The molecule has 0 radical (unpaired) electrons. The van der Waals surface area contributed by atoms with Gasteiger partial charge in [0.1, 0.15) is 18.1 Å². The van der Waals surface area contributed by atoms with Gasteiger partial charge in [0.05, 0.1) is 6.54 Å². The second-order valence-corrected chi connectivity index (χ2v) is 10.9. The Hall–Kier alpha value is -3.07. The number of hydrogen-bond donors (Lipinski definition) is 0. The molecule has 1 atom stereocenters. The summed E-state index contributed by atoms with van der Waals surface area (Å²) in [4.78, 5) is 25.8. The van der Waals surface area contributed by atoms with Crippen LogP contribution in [0.1, 0.15) is 45.4 Å². The van der Waals surface area contributed by atoms with E-state index in [0.29, 0.717) is 35.0 Å². The maximum atomic E-state index is 15.3. The van der Waals surface area contributed by atoms with Crippen molar-refractivity contribution in [1.29, 1.82) is 0 Å². The minimum Gasteiger partial charge on any atom is -0.488 e. The number of ether oxygens (including phenoxy) is 1. The Bertz CT molecular complexity index is 1290. The third-order valence-electron chi connectivity index (χ3n) is 7.55. The number of amides is 1. The number of pyridine rings is 1. The topological polar surface area (TPSA) is 58.6 Å². The molecule has 37 heavy (non-hydrogen) atoms. The molecule has 3 heterocycles. The van der Waals surface area contributed by atoms with Crippen molar-refractivity contribution in [2.75, 3.05) is 37.0 Å². The predicted molar refractivity (Wildman–Crippen MR) is 143 cm³/mol. The molecule has 0 saturated heterocycles. The van der Waals surface area contributed by atoms with Crippen molar-refractivity contribution >= 4 is 28.2 Å². The van der Waals surface area contributed by atoms with Gasteiger partial charge in [-0.05, 0) is 42.5 Å². The number of hydrogen-bond acceptors (Lipinski definition) is 6. The second-order valence-electron chi connectivity index (χ2n) is 10.0. The third-order valence-corrected chi connectivity index (χ3v) is 8.47. The van der Waals surface area contributed by atoms with Crippen LogP contribution >= 0.6 is 11.3 Å². The molecule has 1 aliphatic heterocycles. The van der Waals surface area contributed by atoms with Gasteiger partial charge in [0.15, 0.2) is 16.7 Å². The number of anilines is 2. The Balaban J connectivity index is 1.46. The molecular weight excluding hydrogens is 494 g/mol. The Morgan fingerprint density at radius 3 is 2.78 bits per heavy atom. The average Bonchev–Trinajstić information content (AvgIpc) is 3.56. The highest BCUT2D eigenvalue weighted by Crippen LogP contribution is 2.40. The molecule has 5 rings (SSSR count). The molecule has 6 nitrogen and oxygen atoms in total. The molecule has 9 heteroatoms. The van der Waals surface area contributed by atoms with Gasteiger partial charge in [0, 0.05) is 37.3 Å². The Morgan fingerprint density at radius 2 is 2.03 bits per heavy atom. The minimum absolute atomic E-state index is 0.0220. The number of carbonyl (C=O) groups excluding carboxylic acids is 1. The summed E-state index contributed by atoms with van der Waals surface area (Å²) in [6.07, 6.45) is 8.06. The summed E-state index contributed by atoms with van der Waals surface area (Å²) < 4.78 is 35.5. The van der Waals surface area contributed by atoms with Crippen LogP contribution in [0.3, 0.4) is 0 Å². The number of rotatable bonds is 7. The molecule has 1 aromatic carbocycles. The van der Waals surface area contributed by atoms with Crippen LogP contribution in [0, 0.1) is 22.8 Å². The van der Waals surface area contributed by atoms with Gasteiger partial charge in [-0.2, -0.15) is 4.39 Å². The standard InChI is InChI=1S/C28H32F2N4O2S/c1-4-18(13-17-7-5-6-8-17)27(35)34(3)28-32-24(25(30)37-28)22-15-20(29)9-10-21(22)19-14-23-26(31-16-19)33(2)11-12-36-23/h9-10,14-18H,4-8,11-13H2,1-3H3/t18-/m1/s1.